The molecule has 0 radical (unpaired) electrons. The lowest BCUT2D eigenvalue weighted by atomic mass is 10.1. The van der Waals surface area contributed by atoms with Crippen molar-refractivity contribution in [1.29, 1.82) is 0 Å². The third-order valence-electron chi connectivity index (χ3n) is 2.35. The number of nitrogens with one attached hydrogen (secondary N) is 1. The van der Waals surface area contributed by atoms with Crippen LogP contribution in [0.5, 0.6) is 11.5 Å². The molecule has 0 saturated heterocycles. The molecule has 0 saturated carbocycles. The number of H-pyrrole nitrogens is 1. The predicted molar refractivity (Wildman–Crippen MR) is 59.2 cm³/mol. The lowest BCUT2D eigenvalue weighted by Crippen LogP contribution is -1.95. The van der Waals surface area contributed by atoms with E-state index < -0.39 is 17.5 Å². The molecule has 0 amide bonds. The van der Waals surface area contributed by atoms with Crippen molar-refractivity contribution in [3.8, 4) is 22.8 Å². The van der Waals surface area contributed by atoms with Gasteiger partial charge in [-0.1, -0.05) is 0 Å². The molecule has 6 nitrogen and oxygen atoms in total. The number of benzene rings is 1. The highest BCUT2D eigenvalue weighted by Gasteiger charge is 2.16. The molecule has 1 aromatic heterocycles. The molecule has 3 N–H and O–H groups in total. The van der Waals surface area contributed by atoms with Crippen LogP contribution in [0, 0.1) is 5.82 Å². The zero-order chi connectivity index (χ0) is 13.3. The molecule has 1 heterocycles. The van der Waals surface area contributed by atoms with Gasteiger partial charge in [-0.2, -0.15) is 5.10 Å². The second-order valence-corrected chi connectivity index (χ2v) is 3.48. The summed E-state index contributed by atoms with van der Waals surface area (Å²) in [7, 11) is 1.36. The van der Waals surface area contributed by atoms with E-state index in [-0.39, 0.29) is 22.7 Å². The summed E-state index contributed by atoms with van der Waals surface area (Å²) in [5.74, 6) is -2.45. The fraction of sp³-hybridized carbons (Fsp3) is 0.0909. The van der Waals surface area contributed by atoms with Crippen LogP contribution in [0.25, 0.3) is 11.3 Å². The first-order valence-electron chi connectivity index (χ1n) is 4.88. The van der Waals surface area contributed by atoms with Crippen LogP contribution in [0.15, 0.2) is 18.2 Å². The van der Waals surface area contributed by atoms with Crippen molar-refractivity contribution >= 4 is 5.97 Å². The molecule has 94 valence electrons. The van der Waals surface area contributed by atoms with E-state index in [1.165, 1.54) is 19.2 Å². The maximum absolute atomic E-state index is 13.7. The highest BCUT2D eigenvalue weighted by molar-refractivity contribution is 5.87. The van der Waals surface area contributed by atoms with Crippen LogP contribution in [-0.4, -0.2) is 33.5 Å². The minimum absolute atomic E-state index is 0.0457. The molecule has 0 spiro atoms. The molecule has 0 aliphatic carbocycles. The van der Waals surface area contributed by atoms with Gasteiger partial charge in [-0.15, -0.1) is 0 Å². The first-order valence-corrected chi connectivity index (χ1v) is 4.88. The summed E-state index contributed by atoms with van der Waals surface area (Å²) in [4.78, 5) is 10.7. The van der Waals surface area contributed by atoms with E-state index in [0.29, 0.717) is 0 Å². The fourth-order valence-electron chi connectivity index (χ4n) is 1.46. The quantitative estimate of drug-likeness (QED) is 0.771. The minimum atomic E-state index is -1.21. The van der Waals surface area contributed by atoms with E-state index in [2.05, 4.69) is 10.2 Å². The van der Waals surface area contributed by atoms with E-state index in [9.17, 15) is 14.3 Å². The topological polar surface area (TPSA) is 95.4 Å². The summed E-state index contributed by atoms with van der Waals surface area (Å²) in [6.45, 7) is 0. The molecule has 2 rings (SSSR count). The van der Waals surface area contributed by atoms with E-state index in [1.807, 2.05) is 0 Å². The first kappa shape index (κ1) is 11.9. The number of ether oxygens (including phenoxy) is 1. The highest BCUT2D eigenvalue weighted by atomic mass is 19.1. The minimum Gasteiger partial charge on any atom is -0.505 e. The van der Waals surface area contributed by atoms with Crippen LogP contribution in [0.1, 0.15) is 10.5 Å². The summed E-state index contributed by atoms with van der Waals surface area (Å²) in [5.41, 5.74) is -0.151. The van der Waals surface area contributed by atoms with Crippen molar-refractivity contribution in [1.82, 2.24) is 10.2 Å². The number of phenolic OH excluding ortho intramolecular Hbond substituents is 1. The van der Waals surface area contributed by atoms with Gasteiger partial charge < -0.3 is 14.9 Å². The van der Waals surface area contributed by atoms with Gasteiger partial charge in [-0.25, -0.2) is 9.18 Å². The number of carboxylic acids is 1. The van der Waals surface area contributed by atoms with Gasteiger partial charge in [0.2, 0.25) is 0 Å². The number of carboxylic acid groups (broad SMARTS) is 1. The first-order chi connectivity index (χ1) is 8.52. The molecule has 0 atom stereocenters. The smallest absolute Gasteiger partial charge is 0.353 e. The van der Waals surface area contributed by atoms with Gasteiger partial charge in [0.25, 0.3) is 0 Å². The van der Waals surface area contributed by atoms with Crippen molar-refractivity contribution in [3.05, 3.63) is 29.7 Å². The van der Waals surface area contributed by atoms with Crippen molar-refractivity contribution in [2.24, 2.45) is 0 Å². The molecular formula is C11H9FN2O4. The van der Waals surface area contributed by atoms with Crippen LogP contribution >= 0.6 is 0 Å². The number of methoxy groups -OCH3 is 1. The third-order valence-corrected chi connectivity index (χ3v) is 2.35. The number of halogens is 1. The maximum atomic E-state index is 13.7. The Labute approximate surface area is 101 Å². The number of aromatic nitrogens is 2. The number of aromatic amines is 1. The van der Waals surface area contributed by atoms with Gasteiger partial charge in [-0.05, 0) is 12.1 Å². The molecule has 0 bridgehead atoms. The zero-order valence-electron chi connectivity index (χ0n) is 9.27. The summed E-state index contributed by atoms with van der Waals surface area (Å²) >= 11 is 0. The normalized spacial score (nSPS) is 10.3. The maximum Gasteiger partial charge on any atom is 0.353 e. The Hall–Kier alpha value is -2.57. The molecule has 0 aliphatic rings. The second-order valence-electron chi connectivity index (χ2n) is 3.48. The fourth-order valence-corrected chi connectivity index (χ4v) is 1.46. The Bertz CT molecular complexity index is 609. The highest BCUT2D eigenvalue weighted by Crippen LogP contribution is 2.32. The summed E-state index contributed by atoms with van der Waals surface area (Å²) in [6.07, 6.45) is 0. The average Bonchev–Trinajstić information content (AvgIpc) is 2.82. The van der Waals surface area contributed by atoms with Gasteiger partial charge in [-0.3, -0.25) is 5.10 Å². The standard InChI is InChI=1S/C11H9FN2O4/c1-18-5-2-6(10(12)9(15)3-5)7-4-8(11(16)17)14-13-7/h2-4,15H,1H3,(H,13,14)(H,16,17). The molecule has 0 aliphatic heterocycles. The van der Waals surface area contributed by atoms with Gasteiger partial charge in [0, 0.05) is 11.6 Å². The number of phenols is 1. The summed E-state index contributed by atoms with van der Waals surface area (Å²) < 4.78 is 18.6. The number of aromatic hydroxyl groups is 1. The van der Waals surface area contributed by atoms with Gasteiger partial charge in [0.15, 0.2) is 11.6 Å². The Morgan fingerprint density at radius 3 is 2.72 bits per heavy atom. The van der Waals surface area contributed by atoms with E-state index in [1.54, 1.807) is 0 Å². The van der Waals surface area contributed by atoms with Crippen LogP contribution in [0.4, 0.5) is 4.39 Å². The Kier molecular flexibility index (Phi) is 2.88. The zero-order valence-corrected chi connectivity index (χ0v) is 9.27. The lowest BCUT2D eigenvalue weighted by Gasteiger charge is -2.05. The molecule has 18 heavy (non-hydrogen) atoms. The SMILES string of the molecule is COc1cc(O)c(F)c(-c2cc(C(=O)O)[nH]n2)c1. The van der Waals surface area contributed by atoms with Crippen molar-refractivity contribution in [3.63, 3.8) is 0 Å². The van der Waals surface area contributed by atoms with Crippen molar-refractivity contribution in [2.45, 2.75) is 0 Å². The number of hydrogen-bond acceptors (Lipinski definition) is 4. The van der Waals surface area contributed by atoms with Crippen molar-refractivity contribution in [2.75, 3.05) is 7.11 Å². The molecule has 1 aromatic carbocycles. The number of nitrogens with zero attached hydrogens (tertiary/aromatic N) is 1. The van der Waals surface area contributed by atoms with E-state index in [4.69, 9.17) is 9.84 Å². The van der Waals surface area contributed by atoms with Gasteiger partial charge >= 0.3 is 5.97 Å². The monoisotopic (exact) mass is 252 g/mol. The molecular weight excluding hydrogens is 243 g/mol. The van der Waals surface area contributed by atoms with Crippen LogP contribution in [0.2, 0.25) is 0 Å². The second kappa shape index (κ2) is 4.36. The number of aromatic carboxylic acids is 1. The van der Waals surface area contributed by atoms with Crippen LogP contribution < -0.4 is 4.74 Å². The number of rotatable bonds is 3. The predicted octanol–water partition coefficient (Wildman–Crippen LogP) is 1.63. The molecule has 7 heteroatoms. The van der Waals surface area contributed by atoms with E-state index in [0.717, 1.165) is 6.07 Å². The Morgan fingerprint density at radius 1 is 1.44 bits per heavy atom. The van der Waals surface area contributed by atoms with Crippen LogP contribution in [0.3, 0.4) is 0 Å². The Balaban J connectivity index is 2.55. The largest absolute Gasteiger partial charge is 0.505 e. The summed E-state index contributed by atoms with van der Waals surface area (Å²) in [6, 6.07) is 3.60. The number of hydrogen-bond donors (Lipinski definition) is 3. The number of carbonyl (C=O) groups is 1. The van der Waals surface area contributed by atoms with Crippen molar-refractivity contribution < 1.29 is 24.1 Å². The molecule has 0 unspecified atom stereocenters. The third kappa shape index (κ3) is 1.97. The lowest BCUT2D eigenvalue weighted by molar-refractivity contribution is 0.0690. The average molecular weight is 252 g/mol. The van der Waals surface area contributed by atoms with Crippen LogP contribution in [-0.2, 0) is 0 Å². The Morgan fingerprint density at radius 2 is 2.17 bits per heavy atom. The summed E-state index contributed by atoms with van der Waals surface area (Å²) in [5, 5.41) is 24.0. The van der Waals surface area contributed by atoms with Gasteiger partial charge in [0.1, 0.15) is 11.4 Å². The van der Waals surface area contributed by atoms with Gasteiger partial charge in [0.05, 0.1) is 12.8 Å². The molecule has 2 aromatic rings. The molecule has 0 fully saturated rings. The van der Waals surface area contributed by atoms with E-state index >= 15 is 0 Å².